The summed E-state index contributed by atoms with van der Waals surface area (Å²) in [5.41, 5.74) is 7.00. The molecule has 0 atom stereocenters. The molecule has 5 nitrogen and oxygen atoms in total. The van der Waals surface area contributed by atoms with E-state index in [4.69, 9.17) is 9.72 Å². The summed E-state index contributed by atoms with van der Waals surface area (Å²) in [4.78, 5) is 12.7. The molecule has 160 valence electrons. The highest BCUT2D eigenvalue weighted by molar-refractivity contribution is 5.58. The van der Waals surface area contributed by atoms with Gasteiger partial charge in [-0.05, 0) is 48.9 Å². The molecule has 1 fully saturated rings. The number of hydrogen-bond acceptors (Lipinski definition) is 5. The third kappa shape index (κ3) is 4.19. The molecular weight excluding hydrogens is 372 g/mol. The maximum absolute atomic E-state index is 5.55. The maximum Gasteiger partial charge on any atom is 0.142 e. The molecular formula is C25H34N4O. The Morgan fingerprint density at radius 2 is 1.60 bits per heavy atom. The van der Waals surface area contributed by atoms with E-state index in [9.17, 15) is 0 Å². The largest absolute Gasteiger partial charge is 0.495 e. The van der Waals surface area contributed by atoms with E-state index >= 15 is 0 Å². The first kappa shape index (κ1) is 19.8. The number of fused-ring (bicyclic) bond motifs is 2. The second kappa shape index (κ2) is 8.94. The number of para-hydroxylation sites is 2. The maximum atomic E-state index is 5.55. The number of aromatic nitrogens is 1. The number of methoxy groups -OCH3 is 1. The second-order valence-electron chi connectivity index (χ2n) is 8.93. The van der Waals surface area contributed by atoms with Crippen molar-refractivity contribution in [2.75, 3.05) is 57.8 Å². The van der Waals surface area contributed by atoms with Gasteiger partial charge in [-0.3, -0.25) is 14.8 Å². The van der Waals surface area contributed by atoms with Crippen molar-refractivity contribution in [1.82, 2.24) is 14.8 Å². The molecule has 2 aromatic rings. The lowest BCUT2D eigenvalue weighted by molar-refractivity contribution is 0.185. The van der Waals surface area contributed by atoms with Crippen LogP contribution in [0.2, 0.25) is 0 Å². The Kier molecular flexibility index (Phi) is 5.91. The monoisotopic (exact) mass is 406 g/mol. The van der Waals surface area contributed by atoms with Gasteiger partial charge in [0.1, 0.15) is 5.75 Å². The van der Waals surface area contributed by atoms with Gasteiger partial charge in [0.2, 0.25) is 0 Å². The Hall–Kier alpha value is -2.11. The molecule has 0 amide bonds. The van der Waals surface area contributed by atoms with Gasteiger partial charge < -0.3 is 9.64 Å². The highest BCUT2D eigenvalue weighted by atomic mass is 16.5. The smallest absolute Gasteiger partial charge is 0.142 e. The van der Waals surface area contributed by atoms with Crippen LogP contribution in [-0.4, -0.2) is 67.7 Å². The van der Waals surface area contributed by atoms with Gasteiger partial charge in [0.05, 0.1) is 12.8 Å². The van der Waals surface area contributed by atoms with Crippen molar-refractivity contribution in [2.24, 2.45) is 0 Å². The average molecular weight is 407 g/mol. The van der Waals surface area contributed by atoms with Gasteiger partial charge in [-0.25, -0.2) is 0 Å². The average Bonchev–Trinajstić information content (AvgIpc) is 2.81. The van der Waals surface area contributed by atoms with Crippen molar-refractivity contribution in [3.05, 3.63) is 52.8 Å². The van der Waals surface area contributed by atoms with Gasteiger partial charge in [0.15, 0.2) is 0 Å². The van der Waals surface area contributed by atoms with Crippen LogP contribution in [0.5, 0.6) is 5.75 Å². The molecule has 2 aliphatic heterocycles. The van der Waals surface area contributed by atoms with Crippen LogP contribution < -0.4 is 9.64 Å². The Morgan fingerprint density at radius 3 is 2.47 bits per heavy atom. The summed E-state index contributed by atoms with van der Waals surface area (Å²) in [7, 11) is 1.76. The van der Waals surface area contributed by atoms with E-state index in [-0.39, 0.29) is 0 Å². The Morgan fingerprint density at radius 1 is 0.833 bits per heavy atom. The number of rotatable bonds is 5. The topological polar surface area (TPSA) is 31.8 Å². The van der Waals surface area contributed by atoms with Gasteiger partial charge in [-0.2, -0.15) is 0 Å². The molecule has 5 heteroatoms. The predicted molar refractivity (Wildman–Crippen MR) is 122 cm³/mol. The van der Waals surface area contributed by atoms with Crippen LogP contribution in [0.15, 0.2) is 30.3 Å². The molecule has 1 aliphatic carbocycles. The summed E-state index contributed by atoms with van der Waals surface area (Å²) in [6.45, 7) is 8.93. The molecule has 1 saturated heterocycles. The molecule has 0 saturated carbocycles. The zero-order valence-electron chi connectivity index (χ0n) is 18.3. The fraction of sp³-hybridized carbons (Fsp3) is 0.560. The lowest BCUT2D eigenvalue weighted by Crippen LogP contribution is -2.49. The van der Waals surface area contributed by atoms with E-state index in [1.807, 2.05) is 6.07 Å². The van der Waals surface area contributed by atoms with Crippen LogP contribution in [0.4, 0.5) is 5.69 Å². The lowest BCUT2D eigenvalue weighted by atomic mass is 9.92. The van der Waals surface area contributed by atoms with Gasteiger partial charge in [0.25, 0.3) is 0 Å². The molecule has 0 radical (unpaired) electrons. The molecule has 0 spiro atoms. The molecule has 3 heterocycles. The minimum absolute atomic E-state index is 0.980. The van der Waals surface area contributed by atoms with Gasteiger partial charge >= 0.3 is 0 Å². The first-order valence-corrected chi connectivity index (χ1v) is 11.6. The van der Waals surface area contributed by atoms with Crippen molar-refractivity contribution < 1.29 is 4.74 Å². The van der Waals surface area contributed by atoms with Crippen molar-refractivity contribution in [1.29, 1.82) is 0 Å². The van der Waals surface area contributed by atoms with Crippen molar-refractivity contribution in [2.45, 2.75) is 38.6 Å². The molecule has 3 aliphatic rings. The van der Waals surface area contributed by atoms with Crippen LogP contribution in [0.25, 0.3) is 0 Å². The zero-order chi connectivity index (χ0) is 20.3. The van der Waals surface area contributed by atoms with Crippen molar-refractivity contribution in [3.8, 4) is 5.75 Å². The number of piperazine rings is 1. The van der Waals surface area contributed by atoms with E-state index in [1.54, 1.807) is 7.11 Å². The van der Waals surface area contributed by atoms with E-state index < -0.39 is 0 Å². The van der Waals surface area contributed by atoms with E-state index in [2.05, 4.69) is 39.0 Å². The number of benzene rings is 1. The van der Waals surface area contributed by atoms with Crippen LogP contribution in [0.3, 0.4) is 0 Å². The van der Waals surface area contributed by atoms with Crippen molar-refractivity contribution >= 4 is 5.69 Å². The normalized spacial score (nSPS) is 20.0. The van der Waals surface area contributed by atoms with Crippen LogP contribution in [0.1, 0.15) is 35.4 Å². The summed E-state index contributed by atoms with van der Waals surface area (Å²) in [6.07, 6.45) is 6.18. The first-order chi connectivity index (χ1) is 14.8. The number of anilines is 1. The zero-order valence-corrected chi connectivity index (χ0v) is 18.3. The third-order valence-electron chi connectivity index (χ3n) is 7.06. The number of aryl methyl sites for hydroxylation is 2. The Balaban J connectivity index is 1.13. The first-order valence-electron chi connectivity index (χ1n) is 11.6. The minimum Gasteiger partial charge on any atom is -0.495 e. The predicted octanol–water partition coefficient (Wildman–Crippen LogP) is 3.15. The van der Waals surface area contributed by atoms with Crippen LogP contribution >= 0.6 is 0 Å². The van der Waals surface area contributed by atoms with E-state index in [0.29, 0.717) is 0 Å². The molecule has 0 unspecified atom stereocenters. The van der Waals surface area contributed by atoms with Crippen molar-refractivity contribution in [3.63, 3.8) is 0 Å². The SMILES string of the molecule is COc1ccccc1N1CCN(CCN2CCc3nc4c(cc3C2)CCCC4)CC1. The molecule has 0 bridgehead atoms. The van der Waals surface area contributed by atoms with Crippen LogP contribution in [-0.2, 0) is 25.8 Å². The van der Waals surface area contributed by atoms with Gasteiger partial charge in [-0.1, -0.05) is 18.2 Å². The Bertz CT molecular complexity index is 875. The third-order valence-corrected chi connectivity index (χ3v) is 7.06. The second-order valence-corrected chi connectivity index (χ2v) is 8.93. The molecule has 1 aromatic carbocycles. The number of hydrogen-bond donors (Lipinski definition) is 0. The van der Waals surface area contributed by atoms with E-state index in [1.165, 1.54) is 53.9 Å². The summed E-state index contributed by atoms with van der Waals surface area (Å²) >= 11 is 0. The summed E-state index contributed by atoms with van der Waals surface area (Å²) in [5, 5.41) is 0. The molecule has 30 heavy (non-hydrogen) atoms. The number of ether oxygens (including phenoxy) is 1. The van der Waals surface area contributed by atoms with Gasteiger partial charge in [-0.15, -0.1) is 0 Å². The number of nitrogens with zero attached hydrogens (tertiary/aromatic N) is 4. The quantitative estimate of drug-likeness (QED) is 0.762. The van der Waals surface area contributed by atoms with E-state index in [0.717, 1.165) is 64.5 Å². The van der Waals surface area contributed by atoms with Crippen LogP contribution in [0, 0.1) is 0 Å². The Labute approximate surface area is 180 Å². The highest BCUT2D eigenvalue weighted by Gasteiger charge is 2.23. The molecule has 1 aromatic heterocycles. The summed E-state index contributed by atoms with van der Waals surface area (Å²) in [5.74, 6) is 0.980. The highest BCUT2D eigenvalue weighted by Crippen LogP contribution is 2.29. The minimum atomic E-state index is 0.980. The lowest BCUT2D eigenvalue weighted by Gasteiger charge is -2.38. The molecule has 5 rings (SSSR count). The summed E-state index contributed by atoms with van der Waals surface area (Å²) in [6, 6.07) is 10.9. The standard InChI is InChI=1S/C25H34N4O/c1-30-25-9-5-4-8-24(25)29-16-14-27(15-17-29)12-13-28-11-10-23-21(19-28)18-20-6-2-3-7-22(20)26-23/h4-5,8-9,18H,2-3,6-7,10-17,19H2,1H3. The fourth-order valence-corrected chi connectivity index (χ4v) is 5.24. The fourth-order valence-electron chi connectivity index (χ4n) is 5.24. The molecule has 0 N–H and O–H groups in total. The summed E-state index contributed by atoms with van der Waals surface area (Å²) < 4.78 is 5.55. The number of pyridine rings is 1. The van der Waals surface area contributed by atoms with Gasteiger partial charge in [0, 0.05) is 70.2 Å².